The molecule has 0 spiro atoms. The maximum absolute atomic E-state index is 13.3. The summed E-state index contributed by atoms with van der Waals surface area (Å²) < 4.78 is 10.7. The Bertz CT molecular complexity index is 1220. The topological polar surface area (TPSA) is 89.0 Å². The maximum atomic E-state index is 13.3. The summed E-state index contributed by atoms with van der Waals surface area (Å²) in [5.74, 6) is -0.820. The smallest absolute Gasteiger partial charge is 0.300 e. The van der Waals surface area contributed by atoms with E-state index in [1.54, 1.807) is 30.3 Å². The quantitative estimate of drug-likeness (QED) is 0.347. The van der Waals surface area contributed by atoms with E-state index in [2.05, 4.69) is 4.98 Å². The number of aryl methyl sites for hydroxylation is 1. The van der Waals surface area contributed by atoms with Gasteiger partial charge >= 0.3 is 0 Å². The number of carbonyl (C=O) groups is 2. The van der Waals surface area contributed by atoms with Crippen molar-refractivity contribution < 1.29 is 24.2 Å². The number of aliphatic hydroxyl groups excluding tert-OH is 1. The van der Waals surface area contributed by atoms with Crippen LogP contribution in [0.2, 0.25) is 0 Å². The van der Waals surface area contributed by atoms with Gasteiger partial charge in [-0.2, -0.15) is 0 Å². The number of hydrogen-bond acceptors (Lipinski definition) is 6. The SMILES string of the molecule is CCc1ccc(C2/C(=C(\O)c3ccncc3)C(=O)C(=O)N2c2ccc(OC)c(OC)c2)cc1. The van der Waals surface area contributed by atoms with Crippen molar-refractivity contribution in [3.05, 3.63) is 89.3 Å². The van der Waals surface area contributed by atoms with Crippen molar-refractivity contribution >= 4 is 23.1 Å². The van der Waals surface area contributed by atoms with Crippen LogP contribution in [-0.4, -0.2) is 36.0 Å². The maximum Gasteiger partial charge on any atom is 0.300 e. The Kier molecular flexibility index (Phi) is 6.13. The van der Waals surface area contributed by atoms with Crippen LogP contribution in [0.15, 0.2) is 72.6 Å². The number of amides is 1. The van der Waals surface area contributed by atoms with Crippen molar-refractivity contribution in [3.8, 4) is 11.5 Å². The van der Waals surface area contributed by atoms with Crippen molar-refractivity contribution in [2.45, 2.75) is 19.4 Å². The third kappa shape index (κ3) is 3.93. The normalized spacial score (nSPS) is 17.3. The molecule has 1 atom stereocenters. The van der Waals surface area contributed by atoms with Crippen molar-refractivity contribution in [3.63, 3.8) is 0 Å². The second-order valence-electron chi connectivity index (χ2n) is 7.54. The van der Waals surface area contributed by atoms with E-state index in [1.165, 1.54) is 31.5 Å². The Labute approximate surface area is 191 Å². The first-order valence-corrected chi connectivity index (χ1v) is 10.5. The van der Waals surface area contributed by atoms with Gasteiger partial charge in [0.25, 0.3) is 11.7 Å². The average Bonchev–Trinajstić information content (AvgIpc) is 3.13. The number of ether oxygens (including phenoxy) is 2. The van der Waals surface area contributed by atoms with Crippen LogP contribution in [0.4, 0.5) is 5.69 Å². The lowest BCUT2D eigenvalue weighted by molar-refractivity contribution is -0.132. The van der Waals surface area contributed by atoms with Crippen molar-refractivity contribution in [2.75, 3.05) is 19.1 Å². The molecule has 4 rings (SSSR count). The van der Waals surface area contributed by atoms with Gasteiger partial charge in [-0.3, -0.25) is 19.5 Å². The monoisotopic (exact) mass is 444 g/mol. The highest BCUT2D eigenvalue weighted by Gasteiger charge is 2.47. The van der Waals surface area contributed by atoms with E-state index in [1.807, 2.05) is 31.2 Å². The third-order valence-corrected chi connectivity index (χ3v) is 5.75. The first kappa shape index (κ1) is 22.1. The van der Waals surface area contributed by atoms with Gasteiger partial charge in [-0.25, -0.2) is 0 Å². The Balaban J connectivity index is 1.93. The molecule has 7 heteroatoms. The Morgan fingerprint density at radius 1 is 0.970 bits per heavy atom. The number of benzene rings is 2. The molecule has 0 aliphatic carbocycles. The van der Waals surface area contributed by atoms with Crippen molar-refractivity contribution in [1.82, 2.24) is 4.98 Å². The Hall–Kier alpha value is -4.13. The highest BCUT2D eigenvalue weighted by molar-refractivity contribution is 6.51. The fourth-order valence-corrected chi connectivity index (χ4v) is 3.99. The molecule has 1 aliphatic heterocycles. The highest BCUT2D eigenvalue weighted by Crippen LogP contribution is 2.44. The van der Waals surface area contributed by atoms with Gasteiger partial charge in [0.15, 0.2) is 11.5 Å². The summed E-state index contributed by atoms with van der Waals surface area (Å²) in [5, 5.41) is 11.1. The summed E-state index contributed by atoms with van der Waals surface area (Å²) in [4.78, 5) is 31.8. The molecule has 1 unspecified atom stereocenters. The van der Waals surface area contributed by atoms with Crippen LogP contribution in [0.25, 0.3) is 5.76 Å². The van der Waals surface area contributed by atoms with E-state index in [-0.39, 0.29) is 11.3 Å². The number of nitrogens with zero attached hydrogens (tertiary/aromatic N) is 2. The Morgan fingerprint density at radius 3 is 2.24 bits per heavy atom. The van der Waals surface area contributed by atoms with Gasteiger partial charge in [0.05, 0.1) is 25.8 Å². The largest absolute Gasteiger partial charge is 0.507 e. The molecule has 33 heavy (non-hydrogen) atoms. The van der Waals surface area contributed by atoms with Crippen LogP contribution in [-0.2, 0) is 16.0 Å². The van der Waals surface area contributed by atoms with Crippen molar-refractivity contribution in [1.29, 1.82) is 0 Å². The van der Waals surface area contributed by atoms with Gasteiger partial charge in [-0.15, -0.1) is 0 Å². The number of hydrogen-bond donors (Lipinski definition) is 1. The van der Waals surface area contributed by atoms with Crippen LogP contribution in [0.1, 0.15) is 29.7 Å². The predicted molar refractivity (Wildman–Crippen MR) is 124 cm³/mol. The number of ketones is 1. The van der Waals surface area contributed by atoms with Gasteiger partial charge < -0.3 is 14.6 Å². The molecule has 2 aromatic carbocycles. The van der Waals surface area contributed by atoms with Gasteiger partial charge in [0.1, 0.15) is 5.76 Å². The zero-order valence-corrected chi connectivity index (χ0v) is 18.6. The van der Waals surface area contributed by atoms with Crippen LogP contribution in [0, 0.1) is 0 Å². The number of aromatic nitrogens is 1. The number of methoxy groups -OCH3 is 2. The minimum atomic E-state index is -0.817. The third-order valence-electron chi connectivity index (χ3n) is 5.75. The zero-order chi connectivity index (χ0) is 23.5. The van der Waals surface area contributed by atoms with Gasteiger partial charge in [0.2, 0.25) is 0 Å². The molecule has 3 aromatic rings. The number of rotatable bonds is 6. The molecule has 1 N–H and O–H groups in total. The second kappa shape index (κ2) is 9.16. The van der Waals surface area contributed by atoms with E-state index in [0.717, 1.165) is 12.0 Å². The molecular weight excluding hydrogens is 420 g/mol. The molecule has 1 amide bonds. The standard InChI is InChI=1S/C26H24N2O5/c1-4-16-5-7-17(8-6-16)23-22(24(29)18-11-13-27-14-12-18)25(30)26(31)28(23)19-9-10-20(32-2)21(15-19)33-3/h5-15,23,29H,4H2,1-3H3/b24-22+. The summed E-state index contributed by atoms with van der Waals surface area (Å²) in [7, 11) is 3.02. The lowest BCUT2D eigenvalue weighted by atomic mass is 9.94. The van der Waals surface area contributed by atoms with E-state index in [9.17, 15) is 14.7 Å². The van der Waals surface area contributed by atoms with Crippen LogP contribution in [0.5, 0.6) is 11.5 Å². The van der Waals surface area contributed by atoms with Crippen LogP contribution < -0.4 is 14.4 Å². The average molecular weight is 444 g/mol. The summed E-state index contributed by atoms with van der Waals surface area (Å²) in [5.41, 5.74) is 2.71. The minimum absolute atomic E-state index is 0.0187. The molecule has 7 nitrogen and oxygen atoms in total. The van der Waals surface area contributed by atoms with Crippen LogP contribution in [0.3, 0.4) is 0 Å². The Morgan fingerprint density at radius 2 is 1.64 bits per heavy atom. The van der Waals surface area contributed by atoms with E-state index < -0.39 is 17.7 Å². The molecule has 2 heterocycles. The summed E-state index contributed by atoms with van der Waals surface area (Å²) >= 11 is 0. The minimum Gasteiger partial charge on any atom is -0.507 e. The van der Waals surface area contributed by atoms with Crippen molar-refractivity contribution in [2.24, 2.45) is 0 Å². The van der Waals surface area contributed by atoms with Gasteiger partial charge in [-0.05, 0) is 41.8 Å². The molecule has 1 fully saturated rings. The summed E-state index contributed by atoms with van der Waals surface area (Å²) in [6.07, 6.45) is 3.89. The number of carbonyl (C=O) groups excluding carboxylic acids is 2. The second-order valence-corrected chi connectivity index (χ2v) is 7.54. The number of Topliss-reactive ketones (excluding diaryl/α,β-unsaturated/α-hetero) is 1. The molecular formula is C26H24N2O5. The molecule has 0 saturated carbocycles. The fraction of sp³-hybridized carbons (Fsp3) is 0.192. The lowest BCUT2D eigenvalue weighted by Gasteiger charge is -2.26. The summed E-state index contributed by atoms with van der Waals surface area (Å²) in [6, 6.07) is 15.0. The molecule has 0 radical (unpaired) electrons. The van der Waals surface area contributed by atoms with E-state index >= 15 is 0 Å². The molecule has 1 saturated heterocycles. The number of pyridine rings is 1. The van der Waals surface area contributed by atoms with E-state index in [4.69, 9.17) is 9.47 Å². The molecule has 0 bridgehead atoms. The summed E-state index contributed by atoms with van der Waals surface area (Å²) in [6.45, 7) is 2.05. The van der Waals surface area contributed by atoms with E-state index in [0.29, 0.717) is 28.3 Å². The number of anilines is 1. The zero-order valence-electron chi connectivity index (χ0n) is 18.6. The highest BCUT2D eigenvalue weighted by atomic mass is 16.5. The fourth-order valence-electron chi connectivity index (χ4n) is 3.99. The number of aliphatic hydroxyl groups is 1. The molecule has 168 valence electrons. The first-order chi connectivity index (χ1) is 16.0. The molecule has 1 aliphatic rings. The molecule has 1 aromatic heterocycles. The lowest BCUT2D eigenvalue weighted by Crippen LogP contribution is -2.29. The van der Waals surface area contributed by atoms with Gasteiger partial charge in [-0.1, -0.05) is 31.2 Å². The van der Waals surface area contributed by atoms with Gasteiger partial charge in [0, 0.05) is 29.7 Å². The van der Waals surface area contributed by atoms with Crippen LogP contribution >= 0.6 is 0 Å². The first-order valence-electron chi connectivity index (χ1n) is 10.5. The predicted octanol–water partition coefficient (Wildman–Crippen LogP) is 4.29.